The van der Waals surface area contributed by atoms with E-state index in [1.807, 2.05) is 25.1 Å². The second-order valence-corrected chi connectivity index (χ2v) is 18.2. The van der Waals surface area contributed by atoms with Crippen LogP contribution >= 0.6 is 0 Å². The van der Waals surface area contributed by atoms with Crippen LogP contribution in [0.15, 0.2) is 43.6 Å². The van der Waals surface area contributed by atoms with Crippen molar-refractivity contribution < 1.29 is 22.7 Å². The number of likely N-dealkylation sites (tertiary alicyclic amines) is 2. The van der Waals surface area contributed by atoms with E-state index in [0.717, 1.165) is 74.4 Å². The van der Waals surface area contributed by atoms with Crippen molar-refractivity contribution in [3.63, 3.8) is 0 Å². The third-order valence-electron chi connectivity index (χ3n) is 14.4. The highest BCUT2D eigenvalue weighted by Crippen LogP contribution is 2.59. The number of hydrogen-bond donors (Lipinski definition) is 3. The maximum absolute atomic E-state index is 14.2. The summed E-state index contributed by atoms with van der Waals surface area (Å²) >= 11 is 0. The topological polar surface area (TPSA) is 139 Å². The number of aryl methyl sites for hydroxylation is 1. The number of aromatic nitrogens is 4. The third-order valence-corrected chi connectivity index (χ3v) is 14.4. The van der Waals surface area contributed by atoms with E-state index in [1.165, 1.54) is 31.8 Å². The first-order valence-electron chi connectivity index (χ1n) is 21.1. The van der Waals surface area contributed by atoms with Crippen molar-refractivity contribution in [2.45, 2.75) is 119 Å². The fourth-order valence-electron chi connectivity index (χ4n) is 11.1. The van der Waals surface area contributed by atoms with Gasteiger partial charge >= 0.3 is 6.18 Å². The van der Waals surface area contributed by atoms with Crippen LogP contribution in [0.4, 0.5) is 13.2 Å². The number of nitrogens with one attached hydrogen (secondary N) is 1. The van der Waals surface area contributed by atoms with Crippen LogP contribution in [-0.2, 0) is 10.3 Å². The van der Waals surface area contributed by atoms with Gasteiger partial charge in [0.25, 0.3) is 0 Å². The summed E-state index contributed by atoms with van der Waals surface area (Å²) < 4.78 is 48.5. The summed E-state index contributed by atoms with van der Waals surface area (Å²) in [5, 5.41) is 8.60. The number of rotatable bonds is 10. The molecular weight excluding hydrogens is 742 g/mol. The van der Waals surface area contributed by atoms with Crippen LogP contribution in [0, 0.1) is 12.3 Å². The number of halogens is 3. The van der Waals surface area contributed by atoms with Gasteiger partial charge in [0.1, 0.15) is 11.3 Å². The number of ether oxygens (including phenoxy) is 1. The van der Waals surface area contributed by atoms with E-state index in [-0.39, 0.29) is 22.9 Å². The van der Waals surface area contributed by atoms with E-state index >= 15 is 0 Å². The first-order valence-corrected chi connectivity index (χ1v) is 21.1. The molecule has 5 N–H and O–H groups in total. The molecule has 3 aliphatic carbocycles. The Bertz CT molecular complexity index is 2250. The molecule has 2 aliphatic heterocycles. The summed E-state index contributed by atoms with van der Waals surface area (Å²) in [6, 6.07) is 7.11. The molecule has 9 rings (SSSR count). The van der Waals surface area contributed by atoms with Crippen molar-refractivity contribution in [2.24, 2.45) is 16.9 Å². The van der Waals surface area contributed by atoms with Crippen molar-refractivity contribution in [3.8, 4) is 16.9 Å². The Labute approximate surface area is 337 Å². The maximum Gasteiger partial charge on any atom is 0.422 e. The number of fused-ring (bicyclic) bond motifs is 2. The van der Waals surface area contributed by atoms with Crippen LogP contribution in [0.3, 0.4) is 0 Å². The average Bonchev–Trinajstić information content (AvgIpc) is 3.96. The molecule has 4 heterocycles. The normalized spacial score (nSPS) is 27.9. The summed E-state index contributed by atoms with van der Waals surface area (Å²) in [4.78, 5) is 28.5. The Morgan fingerprint density at radius 2 is 1.59 bits per heavy atom. The van der Waals surface area contributed by atoms with Crippen LogP contribution in [-0.4, -0.2) is 92.3 Å². The predicted molar refractivity (Wildman–Crippen MR) is 220 cm³/mol. The lowest BCUT2D eigenvalue weighted by molar-refractivity contribution is -0.153. The standard InChI is InChI=1S/C45H55F3N8O2/c1-4-28-22-32-38(39(58-26-45(46,47)48)37(28)36-27(3)6-9-34-33(36)23-51-54-34)52-41(29-10-18-55(19-11-29)31-12-20-56(21-13-31)30-7-8-30)53-40(32)43(49)16-14-42(15-17-43)24-44(50,25-42)35(57)5-2/h4-6,9,22-23,29-31H,1-2,7-8,10-21,24-26,49-50H2,3H3,(H,51,54). The molecule has 1 spiro atoms. The van der Waals surface area contributed by atoms with E-state index in [1.54, 1.807) is 12.3 Å². The number of nitrogens with two attached hydrogens (primary N) is 2. The van der Waals surface area contributed by atoms with Gasteiger partial charge in [-0.15, -0.1) is 0 Å². The number of nitrogens with zero attached hydrogens (tertiary/aromatic N) is 5. The Balaban J connectivity index is 1.14. The summed E-state index contributed by atoms with van der Waals surface area (Å²) in [5.74, 6) is 0.502. The number of benzene rings is 2. The predicted octanol–water partition coefficient (Wildman–Crippen LogP) is 7.83. The van der Waals surface area contributed by atoms with E-state index in [4.69, 9.17) is 26.2 Å². The first kappa shape index (κ1) is 39.3. The van der Waals surface area contributed by atoms with Crippen LogP contribution in [0.1, 0.15) is 106 Å². The largest absolute Gasteiger partial charge is 0.481 e. The van der Waals surface area contributed by atoms with Crippen molar-refractivity contribution in [3.05, 3.63) is 66.3 Å². The molecule has 13 heteroatoms. The highest BCUT2D eigenvalue weighted by molar-refractivity contribution is 6.05. The number of H-pyrrole nitrogens is 1. The molecule has 58 heavy (non-hydrogen) atoms. The lowest BCUT2D eigenvalue weighted by atomic mass is 9.49. The van der Waals surface area contributed by atoms with Crippen molar-refractivity contribution in [2.75, 3.05) is 32.8 Å². The molecule has 308 valence electrons. The number of carbonyl (C=O) groups is 1. The molecule has 0 bridgehead atoms. The quantitative estimate of drug-likeness (QED) is 0.137. The molecule has 0 unspecified atom stereocenters. The first-order chi connectivity index (χ1) is 27.7. The minimum absolute atomic E-state index is 0.00377. The summed E-state index contributed by atoms with van der Waals surface area (Å²) in [6.45, 7) is 12.4. The average molecular weight is 797 g/mol. The van der Waals surface area contributed by atoms with Crippen LogP contribution in [0.5, 0.6) is 5.75 Å². The second-order valence-electron chi connectivity index (χ2n) is 18.2. The van der Waals surface area contributed by atoms with Crippen molar-refractivity contribution >= 4 is 33.7 Å². The molecule has 2 aromatic heterocycles. The van der Waals surface area contributed by atoms with E-state index in [0.29, 0.717) is 70.8 Å². The molecule has 3 saturated carbocycles. The van der Waals surface area contributed by atoms with Gasteiger partial charge in [0.15, 0.2) is 18.1 Å². The Morgan fingerprint density at radius 3 is 2.21 bits per heavy atom. The molecule has 0 radical (unpaired) electrons. The van der Waals surface area contributed by atoms with Gasteiger partial charge in [0, 0.05) is 34.3 Å². The van der Waals surface area contributed by atoms with Gasteiger partial charge in [-0.05, 0) is 150 Å². The van der Waals surface area contributed by atoms with Gasteiger partial charge in [-0.25, -0.2) is 9.97 Å². The van der Waals surface area contributed by atoms with E-state index in [2.05, 4.69) is 33.2 Å². The van der Waals surface area contributed by atoms with Crippen LogP contribution < -0.4 is 16.2 Å². The van der Waals surface area contributed by atoms with E-state index in [9.17, 15) is 18.0 Å². The molecule has 10 nitrogen and oxygen atoms in total. The van der Waals surface area contributed by atoms with Gasteiger partial charge < -0.3 is 26.0 Å². The number of carbonyl (C=O) groups excluding carboxylic acids is 1. The number of ketones is 1. The lowest BCUT2D eigenvalue weighted by Gasteiger charge is -2.57. The lowest BCUT2D eigenvalue weighted by Crippen LogP contribution is -2.64. The van der Waals surface area contributed by atoms with E-state index < -0.39 is 23.9 Å². The summed E-state index contributed by atoms with van der Waals surface area (Å²) in [7, 11) is 0. The van der Waals surface area contributed by atoms with Gasteiger partial charge in [0.2, 0.25) is 0 Å². The molecule has 5 fully saturated rings. The van der Waals surface area contributed by atoms with Crippen LogP contribution in [0.2, 0.25) is 0 Å². The van der Waals surface area contributed by atoms with Gasteiger partial charge in [-0.2, -0.15) is 18.3 Å². The molecule has 0 amide bonds. The zero-order valence-corrected chi connectivity index (χ0v) is 33.5. The highest BCUT2D eigenvalue weighted by atomic mass is 19.4. The number of piperidine rings is 2. The maximum atomic E-state index is 14.2. The van der Waals surface area contributed by atoms with Gasteiger partial charge in [0.05, 0.1) is 28.5 Å². The second kappa shape index (κ2) is 14.5. The Kier molecular flexibility index (Phi) is 9.85. The zero-order valence-electron chi connectivity index (χ0n) is 33.5. The SMILES string of the molecule is C=CC(=O)C1(N)CC2(CCC(N)(c3nc(C4CCN(C5CCN(C6CC6)CC5)CC4)nc4c(OCC(F)(F)F)c(-c5c(C)ccc6[nH]ncc56)c(C=C)cc34)CC2)C1. The highest BCUT2D eigenvalue weighted by Gasteiger charge is 2.58. The zero-order chi connectivity index (χ0) is 40.6. The monoisotopic (exact) mass is 796 g/mol. The minimum Gasteiger partial charge on any atom is -0.481 e. The summed E-state index contributed by atoms with van der Waals surface area (Å²) in [6.07, 6.45) is 10.6. The van der Waals surface area contributed by atoms with Crippen molar-refractivity contribution in [1.82, 2.24) is 30.0 Å². The van der Waals surface area contributed by atoms with Gasteiger partial charge in [-0.1, -0.05) is 25.3 Å². The fraction of sp³-hybridized carbons (Fsp3) is 0.556. The van der Waals surface area contributed by atoms with Crippen molar-refractivity contribution in [1.29, 1.82) is 0 Å². The Morgan fingerprint density at radius 1 is 0.931 bits per heavy atom. The molecule has 2 aromatic carbocycles. The third kappa shape index (κ3) is 7.05. The van der Waals surface area contributed by atoms with Crippen LogP contribution in [0.25, 0.3) is 39.0 Å². The molecule has 0 atom stereocenters. The summed E-state index contributed by atoms with van der Waals surface area (Å²) in [5.41, 5.74) is 16.4. The minimum atomic E-state index is -4.61. The number of alkyl halides is 3. The van der Waals surface area contributed by atoms with Gasteiger partial charge in [-0.3, -0.25) is 9.89 Å². The molecular formula is C45H55F3N8O2. The number of aromatic amines is 1. The fourth-order valence-corrected chi connectivity index (χ4v) is 11.1. The smallest absolute Gasteiger partial charge is 0.422 e. The molecule has 2 saturated heterocycles. The number of hydrogen-bond acceptors (Lipinski definition) is 9. The molecule has 4 aromatic rings. The molecule has 5 aliphatic rings. The Hall–Kier alpha value is -4.17.